The summed E-state index contributed by atoms with van der Waals surface area (Å²) in [6, 6.07) is -1.38. The number of ether oxygens (including phenoxy) is 1. The normalized spacial score (nSPS) is 31.8. The molecule has 4 fully saturated rings. The summed E-state index contributed by atoms with van der Waals surface area (Å²) in [5, 5.41) is 2.60. The van der Waals surface area contributed by atoms with Crippen LogP contribution in [0.3, 0.4) is 0 Å². The number of rotatable bonds is 7. The molecule has 0 radical (unpaired) electrons. The van der Waals surface area contributed by atoms with Crippen molar-refractivity contribution in [3.63, 3.8) is 0 Å². The maximum absolute atomic E-state index is 13.4. The van der Waals surface area contributed by atoms with Gasteiger partial charge in [0.2, 0.25) is 21.8 Å². The van der Waals surface area contributed by atoms with E-state index in [1.165, 1.54) is 0 Å². The van der Waals surface area contributed by atoms with Crippen molar-refractivity contribution in [2.75, 3.05) is 6.61 Å². The van der Waals surface area contributed by atoms with Crippen LogP contribution < -0.4 is 10.0 Å². The van der Waals surface area contributed by atoms with Crippen molar-refractivity contribution in [1.29, 1.82) is 0 Å². The highest BCUT2D eigenvalue weighted by Crippen LogP contribution is 2.36. The van der Waals surface area contributed by atoms with Crippen molar-refractivity contribution in [2.24, 2.45) is 5.92 Å². The predicted octanol–water partition coefficient (Wildman–Crippen LogP) is 0.130. The molecule has 2 amide bonds. The van der Waals surface area contributed by atoms with Crippen LogP contribution in [0.25, 0.3) is 0 Å². The molecule has 27 heavy (non-hydrogen) atoms. The van der Waals surface area contributed by atoms with E-state index in [0.29, 0.717) is 32.3 Å². The van der Waals surface area contributed by atoms with Gasteiger partial charge in [0.25, 0.3) is 0 Å². The van der Waals surface area contributed by atoms with Gasteiger partial charge in [-0.2, -0.15) is 0 Å². The second-order valence-corrected chi connectivity index (χ2v) is 10.6. The first-order valence-electron chi connectivity index (χ1n) is 10.0. The number of likely N-dealkylation sites (tertiary alicyclic amines) is 1. The Kier molecular flexibility index (Phi) is 4.97. The van der Waals surface area contributed by atoms with E-state index in [0.717, 1.165) is 12.8 Å². The number of hydrogen-bond acceptors (Lipinski definition) is 5. The fraction of sp³-hybridized carbons (Fsp3) is 0.889. The number of hydrogen-bond donors (Lipinski definition) is 2. The summed E-state index contributed by atoms with van der Waals surface area (Å²) in [7, 11) is -3.50. The van der Waals surface area contributed by atoms with Gasteiger partial charge in [0, 0.05) is 19.1 Å². The lowest BCUT2D eigenvalue weighted by Gasteiger charge is -2.33. The summed E-state index contributed by atoms with van der Waals surface area (Å²) in [4.78, 5) is 27.8. The smallest absolute Gasteiger partial charge is 0.243 e. The third-order valence-electron chi connectivity index (χ3n) is 5.99. The molecule has 2 N–H and O–H groups in total. The van der Waals surface area contributed by atoms with Gasteiger partial charge in [-0.3, -0.25) is 9.59 Å². The Bertz CT molecular complexity index is 717. The molecule has 2 aliphatic heterocycles. The number of amides is 2. The fourth-order valence-electron chi connectivity index (χ4n) is 4.10. The molecule has 2 heterocycles. The van der Waals surface area contributed by atoms with Crippen LogP contribution in [0.5, 0.6) is 0 Å². The number of sulfonamides is 1. The molecule has 2 saturated carbocycles. The third-order valence-corrected chi connectivity index (χ3v) is 7.92. The molecule has 0 unspecified atom stereocenters. The molecule has 2 saturated heterocycles. The van der Waals surface area contributed by atoms with Crippen LogP contribution in [0.1, 0.15) is 52.4 Å². The minimum Gasteiger partial charge on any atom is -0.376 e. The van der Waals surface area contributed by atoms with Crippen molar-refractivity contribution in [3.8, 4) is 0 Å². The summed E-state index contributed by atoms with van der Waals surface area (Å²) in [5.74, 6) is -0.654. The zero-order valence-electron chi connectivity index (χ0n) is 15.9. The molecule has 2 aliphatic carbocycles. The number of nitrogens with zero attached hydrogens (tertiary/aromatic N) is 1. The number of nitrogens with one attached hydrogen (secondary N) is 2. The van der Waals surface area contributed by atoms with E-state index in [1.54, 1.807) is 4.90 Å². The van der Waals surface area contributed by atoms with Gasteiger partial charge in [-0.05, 0) is 38.0 Å². The van der Waals surface area contributed by atoms with E-state index in [-0.39, 0.29) is 41.2 Å². The molecular formula is C18H29N3O5S. The van der Waals surface area contributed by atoms with Crippen molar-refractivity contribution in [3.05, 3.63) is 0 Å². The first-order chi connectivity index (χ1) is 12.8. The largest absolute Gasteiger partial charge is 0.376 e. The van der Waals surface area contributed by atoms with E-state index in [2.05, 4.69) is 10.0 Å². The summed E-state index contributed by atoms with van der Waals surface area (Å²) in [5.41, 5.74) is 0. The van der Waals surface area contributed by atoms with Gasteiger partial charge in [-0.25, -0.2) is 13.1 Å². The van der Waals surface area contributed by atoms with Crippen LogP contribution in [0.15, 0.2) is 0 Å². The highest BCUT2D eigenvalue weighted by atomic mass is 32.2. The van der Waals surface area contributed by atoms with Crippen LogP contribution in [0.4, 0.5) is 0 Å². The number of fused-ring (bicyclic) bond motifs is 1. The van der Waals surface area contributed by atoms with Crippen molar-refractivity contribution < 1.29 is 22.7 Å². The fourth-order valence-corrected chi connectivity index (χ4v) is 5.78. The summed E-state index contributed by atoms with van der Waals surface area (Å²) < 4.78 is 33.2. The first-order valence-corrected chi connectivity index (χ1v) is 11.6. The Hall–Kier alpha value is -1.19. The second-order valence-electron chi connectivity index (χ2n) is 8.63. The SMILES string of the molecule is CC(C)[C@@H](NS(=O)(=O)C1CC1)C(=O)N1[C@H](C(=O)NC2CC2)C[C@@H]2OCC[C@@H]21. The lowest BCUT2D eigenvalue weighted by molar-refractivity contribution is -0.142. The minimum atomic E-state index is -3.50. The Morgan fingerprint density at radius 1 is 1.11 bits per heavy atom. The Labute approximate surface area is 160 Å². The van der Waals surface area contributed by atoms with Crippen LogP contribution in [-0.4, -0.2) is 67.3 Å². The van der Waals surface area contributed by atoms with Gasteiger partial charge in [0.1, 0.15) is 12.1 Å². The van der Waals surface area contributed by atoms with Crippen LogP contribution >= 0.6 is 0 Å². The molecular weight excluding hydrogens is 370 g/mol. The highest BCUT2D eigenvalue weighted by Gasteiger charge is 2.52. The van der Waals surface area contributed by atoms with E-state index < -0.39 is 22.1 Å². The molecule has 4 rings (SSSR count). The first kappa shape index (κ1) is 19.1. The van der Waals surface area contributed by atoms with Gasteiger partial charge in [-0.1, -0.05) is 13.8 Å². The standard InChI is InChI=1S/C18H29N3O5S/c1-10(2)16(20-27(24,25)12-5-6-12)18(23)21-13-7-8-26-15(13)9-14(21)17(22)19-11-3-4-11/h10-16,20H,3-9H2,1-2H3,(H,19,22)/t13-,14-,15-,16+/m0/s1. The summed E-state index contributed by atoms with van der Waals surface area (Å²) in [6.07, 6.45) is 4.26. The lowest BCUT2D eigenvalue weighted by Crippen LogP contribution is -2.57. The molecule has 4 aliphatic rings. The van der Waals surface area contributed by atoms with Gasteiger partial charge in [-0.15, -0.1) is 0 Å². The number of carbonyl (C=O) groups is 2. The summed E-state index contributed by atoms with van der Waals surface area (Å²) >= 11 is 0. The Morgan fingerprint density at radius 3 is 2.41 bits per heavy atom. The van der Waals surface area contributed by atoms with Gasteiger partial charge in [0.05, 0.1) is 17.4 Å². The third kappa shape index (κ3) is 3.86. The van der Waals surface area contributed by atoms with Crippen LogP contribution in [-0.2, 0) is 24.3 Å². The second kappa shape index (κ2) is 7.00. The van der Waals surface area contributed by atoms with E-state index in [9.17, 15) is 18.0 Å². The summed E-state index contributed by atoms with van der Waals surface area (Å²) in [6.45, 7) is 4.22. The Balaban J connectivity index is 1.55. The molecule has 8 nitrogen and oxygen atoms in total. The average molecular weight is 400 g/mol. The molecule has 0 aromatic carbocycles. The molecule has 9 heteroatoms. The average Bonchev–Trinajstić information content (AvgIpc) is 3.50. The quantitative estimate of drug-likeness (QED) is 0.633. The van der Waals surface area contributed by atoms with Crippen LogP contribution in [0.2, 0.25) is 0 Å². The van der Waals surface area contributed by atoms with Gasteiger partial charge >= 0.3 is 0 Å². The lowest BCUT2D eigenvalue weighted by atomic mass is 10.0. The highest BCUT2D eigenvalue weighted by molar-refractivity contribution is 7.90. The van der Waals surface area contributed by atoms with Gasteiger partial charge < -0.3 is 15.0 Å². The van der Waals surface area contributed by atoms with E-state index in [1.807, 2.05) is 13.8 Å². The van der Waals surface area contributed by atoms with Crippen molar-refractivity contribution >= 4 is 21.8 Å². The molecule has 0 aromatic rings. The maximum Gasteiger partial charge on any atom is 0.243 e. The zero-order chi connectivity index (χ0) is 19.3. The topological polar surface area (TPSA) is 105 Å². The zero-order valence-corrected chi connectivity index (χ0v) is 16.7. The Morgan fingerprint density at radius 2 is 1.81 bits per heavy atom. The van der Waals surface area contributed by atoms with E-state index >= 15 is 0 Å². The molecule has 152 valence electrons. The minimum absolute atomic E-state index is 0.142. The number of carbonyl (C=O) groups excluding carboxylic acids is 2. The van der Waals surface area contributed by atoms with Gasteiger partial charge in [0.15, 0.2) is 0 Å². The molecule has 4 atom stereocenters. The molecule has 0 bridgehead atoms. The monoisotopic (exact) mass is 399 g/mol. The molecule has 0 aromatic heterocycles. The van der Waals surface area contributed by atoms with Crippen molar-refractivity contribution in [1.82, 2.24) is 14.9 Å². The van der Waals surface area contributed by atoms with E-state index in [4.69, 9.17) is 4.74 Å². The molecule has 0 spiro atoms. The van der Waals surface area contributed by atoms with Crippen molar-refractivity contribution in [2.45, 2.75) is 87.9 Å². The maximum atomic E-state index is 13.4. The van der Waals surface area contributed by atoms with Crippen LogP contribution in [0, 0.1) is 5.92 Å². The predicted molar refractivity (Wildman–Crippen MR) is 98.3 cm³/mol.